The molecule has 0 saturated carbocycles. The zero-order valence-electron chi connectivity index (χ0n) is 15.0. The van der Waals surface area contributed by atoms with Crippen LogP contribution in [-0.2, 0) is 0 Å². The largest absolute Gasteiger partial charge is 0.487 e. The summed E-state index contributed by atoms with van der Waals surface area (Å²) in [6, 6.07) is 7.66. The quantitative estimate of drug-likeness (QED) is 0.806. The van der Waals surface area contributed by atoms with Gasteiger partial charge in [0.2, 0.25) is 5.95 Å². The van der Waals surface area contributed by atoms with Gasteiger partial charge in [-0.25, -0.2) is 14.8 Å². The number of carbonyl (C=O) groups excluding carboxylic acids is 1. The number of nitrogens with one attached hydrogen (secondary N) is 1. The molecule has 1 N–H and O–H groups in total. The molecule has 0 spiro atoms. The van der Waals surface area contributed by atoms with E-state index in [4.69, 9.17) is 4.74 Å². The van der Waals surface area contributed by atoms with Gasteiger partial charge in [0.05, 0.1) is 23.6 Å². The lowest BCUT2D eigenvalue weighted by Gasteiger charge is -2.38. The second-order valence-corrected chi connectivity index (χ2v) is 7.40. The van der Waals surface area contributed by atoms with Crippen molar-refractivity contribution in [2.75, 3.05) is 32.1 Å². The summed E-state index contributed by atoms with van der Waals surface area (Å²) in [5, 5.41) is 2.93. The van der Waals surface area contributed by atoms with Gasteiger partial charge in [0, 0.05) is 26.5 Å². The van der Waals surface area contributed by atoms with E-state index < -0.39 is 0 Å². The molecule has 1 fully saturated rings. The molecule has 1 unspecified atom stereocenters. The minimum atomic E-state index is -0.109. The van der Waals surface area contributed by atoms with Crippen LogP contribution in [0.15, 0.2) is 41.1 Å². The molecule has 1 aromatic carbocycles. The van der Waals surface area contributed by atoms with E-state index in [2.05, 4.69) is 36.1 Å². The van der Waals surface area contributed by atoms with Gasteiger partial charge in [-0.15, -0.1) is 0 Å². The smallest absolute Gasteiger partial charge is 0.317 e. The van der Waals surface area contributed by atoms with Crippen molar-refractivity contribution in [2.24, 2.45) is 0 Å². The molecule has 7 nitrogen and oxygen atoms in total. The summed E-state index contributed by atoms with van der Waals surface area (Å²) in [5.74, 6) is 1.54. The Kier molecular flexibility index (Phi) is 5.61. The first-order valence-corrected chi connectivity index (χ1v) is 9.18. The number of halogens is 1. The van der Waals surface area contributed by atoms with Crippen molar-refractivity contribution in [3.05, 3.63) is 46.7 Å². The molecule has 8 heteroatoms. The SMILES string of the molecule is CC(NC(=O)N(C)C)c1ccc(OC2CN(c3ncc(Br)cn3)C2)cc1. The van der Waals surface area contributed by atoms with Crippen LogP contribution in [0.3, 0.4) is 0 Å². The lowest BCUT2D eigenvalue weighted by Crippen LogP contribution is -2.54. The molecule has 26 heavy (non-hydrogen) atoms. The molecule has 0 aliphatic carbocycles. The number of hydrogen-bond donors (Lipinski definition) is 1. The Hall–Kier alpha value is -2.35. The van der Waals surface area contributed by atoms with Gasteiger partial charge in [-0.3, -0.25) is 0 Å². The molecule has 1 saturated heterocycles. The Labute approximate surface area is 161 Å². The third-order valence-electron chi connectivity index (χ3n) is 4.17. The van der Waals surface area contributed by atoms with Crippen LogP contribution in [0.5, 0.6) is 5.75 Å². The van der Waals surface area contributed by atoms with Gasteiger partial charge in [-0.1, -0.05) is 12.1 Å². The maximum Gasteiger partial charge on any atom is 0.317 e. The van der Waals surface area contributed by atoms with Gasteiger partial charge in [-0.2, -0.15) is 0 Å². The van der Waals surface area contributed by atoms with Crippen LogP contribution in [-0.4, -0.2) is 54.2 Å². The van der Waals surface area contributed by atoms with Gasteiger partial charge in [-0.05, 0) is 40.5 Å². The van der Waals surface area contributed by atoms with E-state index >= 15 is 0 Å². The fraction of sp³-hybridized carbons (Fsp3) is 0.389. The molecular formula is C18H22BrN5O2. The normalized spacial score (nSPS) is 15.2. The number of anilines is 1. The van der Waals surface area contributed by atoms with E-state index in [0.717, 1.165) is 28.9 Å². The predicted molar refractivity (Wildman–Crippen MR) is 103 cm³/mol. The summed E-state index contributed by atoms with van der Waals surface area (Å²) in [5.41, 5.74) is 1.03. The fourth-order valence-electron chi connectivity index (χ4n) is 2.57. The molecule has 1 aliphatic rings. The summed E-state index contributed by atoms with van der Waals surface area (Å²) in [6.07, 6.45) is 3.61. The Morgan fingerprint density at radius 1 is 1.27 bits per heavy atom. The van der Waals surface area contributed by atoms with Gasteiger partial charge in [0.15, 0.2) is 0 Å². The Balaban J connectivity index is 1.49. The van der Waals surface area contributed by atoms with Crippen molar-refractivity contribution >= 4 is 27.9 Å². The van der Waals surface area contributed by atoms with Gasteiger partial charge in [0.1, 0.15) is 11.9 Å². The zero-order valence-corrected chi connectivity index (χ0v) is 16.6. The Morgan fingerprint density at radius 2 is 1.88 bits per heavy atom. The number of ether oxygens (including phenoxy) is 1. The molecule has 0 bridgehead atoms. The first kappa shape index (κ1) is 18.4. The summed E-state index contributed by atoms with van der Waals surface area (Å²) in [7, 11) is 3.44. The second-order valence-electron chi connectivity index (χ2n) is 6.48. The van der Waals surface area contributed by atoms with Crippen LogP contribution in [0, 0.1) is 0 Å². The monoisotopic (exact) mass is 419 g/mol. The Bertz CT molecular complexity index is 745. The third-order valence-corrected chi connectivity index (χ3v) is 4.58. The van der Waals surface area contributed by atoms with Crippen LogP contribution in [0.25, 0.3) is 0 Å². The average molecular weight is 420 g/mol. The molecule has 1 aliphatic heterocycles. The van der Waals surface area contributed by atoms with Crippen LogP contribution in [0.4, 0.5) is 10.7 Å². The minimum absolute atomic E-state index is 0.0623. The fourth-order valence-corrected chi connectivity index (χ4v) is 2.77. The van der Waals surface area contributed by atoms with E-state index in [9.17, 15) is 4.79 Å². The first-order valence-electron chi connectivity index (χ1n) is 8.39. The van der Waals surface area contributed by atoms with E-state index in [1.54, 1.807) is 26.5 Å². The van der Waals surface area contributed by atoms with Crippen molar-refractivity contribution in [1.82, 2.24) is 20.2 Å². The highest BCUT2D eigenvalue weighted by Gasteiger charge is 2.30. The number of aromatic nitrogens is 2. The third kappa shape index (κ3) is 4.43. The highest BCUT2D eigenvalue weighted by atomic mass is 79.9. The number of benzene rings is 1. The molecule has 3 rings (SSSR count). The molecular weight excluding hydrogens is 398 g/mol. The number of nitrogens with zero attached hydrogens (tertiary/aromatic N) is 4. The van der Waals surface area contributed by atoms with Crippen molar-refractivity contribution in [1.29, 1.82) is 0 Å². The predicted octanol–water partition coefficient (Wildman–Crippen LogP) is 2.84. The summed E-state index contributed by atoms with van der Waals surface area (Å²) < 4.78 is 6.84. The second kappa shape index (κ2) is 7.90. The van der Waals surface area contributed by atoms with Crippen LogP contribution in [0.1, 0.15) is 18.5 Å². The van der Waals surface area contributed by atoms with Crippen LogP contribution < -0.4 is 15.0 Å². The zero-order chi connectivity index (χ0) is 18.7. The lowest BCUT2D eigenvalue weighted by atomic mass is 10.1. The molecule has 1 atom stereocenters. The van der Waals surface area contributed by atoms with E-state index in [0.29, 0.717) is 5.95 Å². The van der Waals surface area contributed by atoms with Gasteiger partial charge < -0.3 is 19.9 Å². The molecule has 2 heterocycles. The highest BCUT2D eigenvalue weighted by molar-refractivity contribution is 9.10. The minimum Gasteiger partial charge on any atom is -0.487 e. The van der Waals surface area contributed by atoms with Crippen molar-refractivity contribution < 1.29 is 9.53 Å². The van der Waals surface area contributed by atoms with Crippen molar-refractivity contribution in [2.45, 2.75) is 19.1 Å². The summed E-state index contributed by atoms with van der Waals surface area (Å²) in [4.78, 5) is 23.9. The van der Waals surface area contributed by atoms with E-state index in [-0.39, 0.29) is 18.2 Å². The molecule has 0 radical (unpaired) electrons. The number of hydrogen-bond acceptors (Lipinski definition) is 5. The average Bonchev–Trinajstić information content (AvgIpc) is 2.59. The lowest BCUT2D eigenvalue weighted by molar-refractivity contribution is 0.166. The maximum absolute atomic E-state index is 11.7. The topological polar surface area (TPSA) is 70.6 Å². The van der Waals surface area contributed by atoms with Crippen LogP contribution in [0.2, 0.25) is 0 Å². The first-order chi connectivity index (χ1) is 12.4. The number of urea groups is 1. The standard InChI is InChI=1S/C18H22BrN5O2/c1-12(22-18(25)23(2)3)13-4-6-15(7-5-13)26-16-10-24(11-16)17-20-8-14(19)9-21-17/h4-9,12,16H,10-11H2,1-3H3,(H,22,25). The summed E-state index contributed by atoms with van der Waals surface area (Å²) in [6.45, 7) is 3.48. The van der Waals surface area contributed by atoms with E-state index in [1.807, 2.05) is 31.2 Å². The Morgan fingerprint density at radius 3 is 2.46 bits per heavy atom. The van der Waals surface area contributed by atoms with Crippen molar-refractivity contribution in [3.63, 3.8) is 0 Å². The highest BCUT2D eigenvalue weighted by Crippen LogP contribution is 2.23. The molecule has 1 aromatic heterocycles. The van der Waals surface area contributed by atoms with Crippen molar-refractivity contribution in [3.8, 4) is 5.75 Å². The van der Waals surface area contributed by atoms with Gasteiger partial charge >= 0.3 is 6.03 Å². The number of rotatable bonds is 5. The molecule has 138 valence electrons. The number of amides is 2. The maximum atomic E-state index is 11.7. The van der Waals surface area contributed by atoms with Gasteiger partial charge in [0.25, 0.3) is 0 Å². The summed E-state index contributed by atoms with van der Waals surface area (Å²) >= 11 is 3.33. The van der Waals surface area contributed by atoms with E-state index in [1.165, 1.54) is 4.90 Å². The number of carbonyl (C=O) groups is 1. The molecule has 2 amide bonds. The van der Waals surface area contributed by atoms with Crippen LogP contribution >= 0.6 is 15.9 Å². The molecule has 2 aromatic rings.